The van der Waals surface area contributed by atoms with E-state index < -0.39 is 17.8 Å². The number of nitrogens with one attached hydrogen (secondary N) is 2. The minimum Gasteiger partial charge on any atom is -0.409 e. The molecule has 27 heavy (non-hydrogen) atoms. The highest BCUT2D eigenvalue weighted by atomic mass is 35.5. The first kappa shape index (κ1) is 19.2. The van der Waals surface area contributed by atoms with E-state index in [0.717, 1.165) is 25.7 Å². The van der Waals surface area contributed by atoms with Crippen molar-refractivity contribution >= 4 is 29.3 Å². The Morgan fingerprint density at radius 1 is 1.04 bits per heavy atom. The van der Waals surface area contributed by atoms with E-state index in [1.807, 2.05) is 0 Å². The quantitative estimate of drug-likeness (QED) is 0.758. The van der Waals surface area contributed by atoms with Crippen molar-refractivity contribution in [2.45, 2.75) is 38.1 Å². The molecule has 0 heterocycles. The fraction of sp³-hybridized carbons (Fsp3) is 0.300. The van der Waals surface area contributed by atoms with Gasteiger partial charge in [0.25, 0.3) is 5.91 Å². The molecule has 2 aromatic carbocycles. The average molecular weight is 391 g/mol. The molecule has 5 nitrogen and oxygen atoms in total. The van der Waals surface area contributed by atoms with Gasteiger partial charge in [0.05, 0.1) is 5.56 Å². The summed E-state index contributed by atoms with van der Waals surface area (Å²) in [5, 5.41) is 5.80. The summed E-state index contributed by atoms with van der Waals surface area (Å²) in [6.45, 7) is 0. The molecule has 0 unspecified atom stereocenters. The van der Waals surface area contributed by atoms with Gasteiger partial charge in [-0.1, -0.05) is 30.9 Å². The maximum absolute atomic E-state index is 13.0. The number of ether oxygens (including phenoxy) is 1. The molecule has 7 heteroatoms. The number of halogens is 2. The summed E-state index contributed by atoms with van der Waals surface area (Å²) in [5.74, 6) is -0.809. The van der Waals surface area contributed by atoms with E-state index in [1.165, 1.54) is 42.8 Å². The monoisotopic (exact) mass is 390 g/mol. The smallest absolute Gasteiger partial charge is 0.409 e. The maximum atomic E-state index is 13.0. The number of rotatable bonds is 4. The number of hydrogen-bond donors (Lipinski definition) is 2. The number of amides is 2. The normalized spacial score (nSPS) is 14.4. The molecule has 142 valence electrons. The highest BCUT2D eigenvalue weighted by Gasteiger charge is 2.20. The SMILES string of the molecule is O=C(NC1CCCCC1)Oc1ccc(Cl)cc1C(=O)Nc1ccc(F)cc1. The molecule has 2 N–H and O–H groups in total. The second-order valence-electron chi connectivity index (χ2n) is 6.47. The predicted molar refractivity (Wildman–Crippen MR) is 102 cm³/mol. The van der Waals surface area contributed by atoms with Crippen LogP contribution in [0.15, 0.2) is 42.5 Å². The van der Waals surface area contributed by atoms with Crippen molar-refractivity contribution in [2.75, 3.05) is 5.32 Å². The molecular weight excluding hydrogens is 371 g/mol. The van der Waals surface area contributed by atoms with Crippen LogP contribution >= 0.6 is 11.6 Å². The molecule has 1 saturated carbocycles. The van der Waals surface area contributed by atoms with Crippen molar-refractivity contribution in [2.24, 2.45) is 0 Å². The molecule has 1 fully saturated rings. The second kappa shape index (κ2) is 8.86. The van der Waals surface area contributed by atoms with Gasteiger partial charge >= 0.3 is 6.09 Å². The van der Waals surface area contributed by atoms with Crippen molar-refractivity contribution < 1.29 is 18.7 Å². The van der Waals surface area contributed by atoms with Gasteiger partial charge in [0.2, 0.25) is 0 Å². The first-order chi connectivity index (χ1) is 13.0. The Kier molecular flexibility index (Phi) is 6.29. The summed E-state index contributed by atoms with van der Waals surface area (Å²) in [4.78, 5) is 24.8. The summed E-state index contributed by atoms with van der Waals surface area (Å²) in [6, 6.07) is 9.88. The Labute approximate surface area is 161 Å². The Morgan fingerprint density at radius 3 is 2.44 bits per heavy atom. The fourth-order valence-corrected chi connectivity index (χ4v) is 3.22. The molecule has 1 aliphatic rings. The molecule has 0 atom stereocenters. The molecule has 1 aliphatic carbocycles. The van der Waals surface area contributed by atoms with Gasteiger partial charge in [0, 0.05) is 16.8 Å². The third kappa shape index (κ3) is 5.44. The second-order valence-corrected chi connectivity index (χ2v) is 6.91. The van der Waals surface area contributed by atoms with Crippen LogP contribution in [0, 0.1) is 5.82 Å². The average Bonchev–Trinajstić information content (AvgIpc) is 2.66. The number of benzene rings is 2. The molecule has 0 saturated heterocycles. The summed E-state index contributed by atoms with van der Waals surface area (Å²) in [7, 11) is 0. The fourth-order valence-electron chi connectivity index (χ4n) is 3.04. The third-order valence-electron chi connectivity index (χ3n) is 4.42. The molecule has 0 bridgehead atoms. The van der Waals surface area contributed by atoms with Crippen LogP contribution in [0.3, 0.4) is 0 Å². The Balaban J connectivity index is 1.70. The summed E-state index contributed by atoms with van der Waals surface area (Å²) < 4.78 is 18.4. The van der Waals surface area contributed by atoms with Crippen molar-refractivity contribution in [1.29, 1.82) is 0 Å². The summed E-state index contributed by atoms with van der Waals surface area (Å²) in [6.07, 6.45) is 4.59. The number of carbonyl (C=O) groups is 2. The molecule has 0 aliphatic heterocycles. The Morgan fingerprint density at radius 2 is 1.74 bits per heavy atom. The van der Waals surface area contributed by atoms with Crippen molar-refractivity contribution in [3.05, 3.63) is 58.9 Å². The maximum Gasteiger partial charge on any atom is 0.412 e. The molecule has 2 amide bonds. The zero-order valence-corrected chi connectivity index (χ0v) is 15.4. The third-order valence-corrected chi connectivity index (χ3v) is 4.65. The van der Waals surface area contributed by atoms with Crippen molar-refractivity contribution in [3.63, 3.8) is 0 Å². The van der Waals surface area contributed by atoms with Crippen LogP contribution in [0.5, 0.6) is 5.75 Å². The van der Waals surface area contributed by atoms with Crippen molar-refractivity contribution in [1.82, 2.24) is 5.32 Å². The van der Waals surface area contributed by atoms with Crippen LogP contribution in [-0.4, -0.2) is 18.0 Å². The van der Waals surface area contributed by atoms with E-state index in [-0.39, 0.29) is 17.4 Å². The molecule has 0 aromatic heterocycles. The predicted octanol–water partition coefficient (Wildman–Crippen LogP) is 5.15. The molecule has 2 aromatic rings. The van der Waals surface area contributed by atoms with E-state index in [0.29, 0.717) is 10.7 Å². The van der Waals surface area contributed by atoms with E-state index in [4.69, 9.17) is 16.3 Å². The highest BCUT2D eigenvalue weighted by Crippen LogP contribution is 2.25. The van der Waals surface area contributed by atoms with E-state index in [2.05, 4.69) is 10.6 Å². The number of carbonyl (C=O) groups excluding carboxylic acids is 2. The van der Waals surface area contributed by atoms with Crippen LogP contribution in [0.2, 0.25) is 5.02 Å². The van der Waals surface area contributed by atoms with E-state index in [9.17, 15) is 14.0 Å². The molecule has 3 rings (SSSR count). The molecule has 0 spiro atoms. The van der Waals surface area contributed by atoms with E-state index >= 15 is 0 Å². The lowest BCUT2D eigenvalue weighted by molar-refractivity contribution is 0.102. The molecule has 0 radical (unpaired) electrons. The largest absolute Gasteiger partial charge is 0.412 e. The zero-order chi connectivity index (χ0) is 19.2. The first-order valence-electron chi connectivity index (χ1n) is 8.86. The summed E-state index contributed by atoms with van der Waals surface area (Å²) in [5.41, 5.74) is 0.532. The van der Waals surface area contributed by atoms with Gasteiger partial charge in [-0.3, -0.25) is 4.79 Å². The van der Waals surface area contributed by atoms with Gasteiger partial charge in [-0.25, -0.2) is 9.18 Å². The van der Waals surface area contributed by atoms with Gasteiger partial charge < -0.3 is 15.4 Å². The van der Waals surface area contributed by atoms with Crippen molar-refractivity contribution in [3.8, 4) is 5.75 Å². The summed E-state index contributed by atoms with van der Waals surface area (Å²) >= 11 is 5.99. The van der Waals surface area contributed by atoms with E-state index in [1.54, 1.807) is 6.07 Å². The standard InChI is InChI=1S/C20H20ClFN2O3/c21-13-6-11-18(27-20(26)24-15-4-2-1-3-5-15)17(12-13)19(25)23-16-9-7-14(22)8-10-16/h6-12,15H,1-5H2,(H,23,25)(H,24,26). The number of anilines is 1. The van der Waals surface area contributed by atoms with Crippen LogP contribution in [0.25, 0.3) is 0 Å². The van der Waals surface area contributed by atoms with Gasteiger partial charge in [0.1, 0.15) is 11.6 Å². The number of hydrogen-bond acceptors (Lipinski definition) is 3. The van der Waals surface area contributed by atoms with Crippen LogP contribution in [0.1, 0.15) is 42.5 Å². The lowest BCUT2D eigenvalue weighted by Gasteiger charge is -2.22. The van der Waals surface area contributed by atoms with Gasteiger partial charge in [-0.15, -0.1) is 0 Å². The molecular formula is C20H20ClFN2O3. The zero-order valence-electron chi connectivity index (χ0n) is 14.6. The minimum absolute atomic E-state index is 0.0926. The van der Waals surface area contributed by atoms with Crippen LogP contribution in [-0.2, 0) is 0 Å². The van der Waals surface area contributed by atoms with Gasteiger partial charge in [-0.2, -0.15) is 0 Å². The minimum atomic E-state index is -0.597. The lowest BCUT2D eigenvalue weighted by Crippen LogP contribution is -2.38. The Hall–Kier alpha value is -2.60. The Bertz CT molecular complexity index is 820. The lowest BCUT2D eigenvalue weighted by atomic mass is 9.96. The van der Waals surface area contributed by atoms with Gasteiger partial charge in [0.15, 0.2) is 0 Å². The van der Waals surface area contributed by atoms with Crippen LogP contribution < -0.4 is 15.4 Å². The van der Waals surface area contributed by atoms with Gasteiger partial charge in [-0.05, 0) is 55.3 Å². The topological polar surface area (TPSA) is 67.4 Å². The highest BCUT2D eigenvalue weighted by molar-refractivity contribution is 6.31. The van der Waals surface area contributed by atoms with Crippen LogP contribution in [0.4, 0.5) is 14.9 Å². The first-order valence-corrected chi connectivity index (χ1v) is 9.24.